The normalized spacial score (nSPS) is 37.0. The largest absolute Gasteiger partial charge is 0.327 e. The van der Waals surface area contributed by atoms with Crippen molar-refractivity contribution in [1.82, 2.24) is 0 Å². The topological polar surface area (TPSA) is 49.8 Å². The Morgan fingerprint density at radius 1 is 1.50 bits per heavy atom. The highest BCUT2D eigenvalue weighted by Crippen LogP contribution is 2.22. The first-order valence-corrected chi connectivity index (χ1v) is 3.00. The zero-order valence-corrected chi connectivity index (χ0v) is 4.80. The fourth-order valence-electron chi connectivity index (χ4n) is 1.15. The van der Waals surface area contributed by atoms with Gasteiger partial charge in [0.15, 0.2) is 0 Å². The third kappa shape index (κ3) is 0.823. The third-order valence-corrected chi connectivity index (χ3v) is 1.74. The summed E-state index contributed by atoms with van der Waals surface area (Å²) in [6.45, 7) is 0. The molecule has 0 aromatic heterocycles. The lowest BCUT2D eigenvalue weighted by Gasteiger charge is -2.02. The van der Waals surface area contributed by atoms with Gasteiger partial charge in [0.25, 0.3) is 0 Å². The van der Waals surface area contributed by atoms with E-state index in [1.54, 1.807) is 0 Å². The van der Waals surface area contributed by atoms with Crippen LogP contribution in [0.15, 0.2) is 0 Å². The number of nitrogens with two attached hydrogens (primary N) is 1. The standard InChI is InChI=1S/C6H10N2/c7-4-5-2-1-3-6(5)8/h5-6H,1-3,8H2/t5-,6+/m0/s1. The SMILES string of the molecule is N#C[C@@H]1CCC[C@H]1N. The molecule has 1 fully saturated rings. The molecule has 0 aliphatic heterocycles. The molecule has 2 heteroatoms. The lowest BCUT2D eigenvalue weighted by atomic mass is 10.1. The average Bonchev–Trinajstić information content (AvgIpc) is 2.14. The molecule has 0 spiro atoms. The van der Waals surface area contributed by atoms with E-state index < -0.39 is 0 Å². The van der Waals surface area contributed by atoms with Crippen LogP contribution in [0.3, 0.4) is 0 Å². The number of rotatable bonds is 0. The van der Waals surface area contributed by atoms with Gasteiger partial charge in [-0.05, 0) is 12.8 Å². The van der Waals surface area contributed by atoms with Crippen molar-refractivity contribution in [2.45, 2.75) is 25.3 Å². The summed E-state index contributed by atoms with van der Waals surface area (Å²) in [7, 11) is 0. The lowest BCUT2D eigenvalue weighted by Crippen LogP contribution is -2.22. The minimum atomic E-state index is 0.148. The van der Waals surface area contributed by atoms with Crippen molar-refractivity contribution in [2.24, 2.45) is 11.7 Å². The van der Waals surface area contributed by atoms with Crippen LogP contribution in [0.2, 0.25) is 0 Å². The van der Waals surface area contributed by atoms with Crippen molar-refractivity contribution in [2.75, 3.05) is 0 Å². The third-order valence-electron chi connectivity index (χ3n) is 1.74. The van der Waals surface area contributed by atoms with Crippen molar-refractivity contribution < 1.29 is 0 Å². The molecule has 0 heterocycles. The monoisotopic (exact) mass is 110 g/mol. The van der Waals surface area contributed by atoms with Crippen LogP contribution < -0.4 is 5.73 Å². The van der Waals surface area contributed by atoms with Crippen LogP contribution in [0, 0.1) is 17.2 Å². The summed E-state index contributed by atoms with van der Waals surface area (Å²) >= 11 is 0. The first kappa shape index (κ1) is 5.58. The number of nitrogens with zero attached hydrogens (tertiary/aromatic N) is 1. The highest BCUT2D eigenvalue weighted by atomic mass is 14.7. The Kier molecular flexibility index (Phi) is 1.50. The zero-order chi connectivity index (χ0) is 5.98. The van der Waals surface area contributed by atoms with E-state index >= 15 is 0 Å². The molecule has 44 valence electrons. The maximum Gasteiger partial charge on any atom is 0.0672 e. The summed E-state index contributed by atoms with van der Waals surface area (Å²) in [5.41, 5.74) is 5.57. The van der Waals surface area contributed by atoms with E-state index in [9.17, 15) is 0 Å². The van der Waals surface area contributed by atoms with Crippen molar-refractivity contribution in [1.29, 1.82) is 5.26 Å². The van der Waals surface area contributed by atoms with Crippen LogP contribution in [0.25, 0.3) is 0 Å². The minimum absolute atomic E-state index is 0.148. The molecule has 2 atom stereocenters. The van der Waals surface area contributed by atoms with Crippen molar-refractivity contribution >= 4 is 0 Å². The van der Waals surface area contributed by atoms with Gasteiger partial charge in [0, 0.05) is 6.04 Å². The Morgan fingerprint density at radius 2 is 2.25 bits per heavy atom. The van der Waals surface area contributed by atoms with Gasteiger partial charge in [0.05, 0.1) is 12.0 Å². The van der Waals surface area contributed by atoms with Gasteiger partial charge in [-0.1, -0.05) is 6.42 Å². The Morgan fingerprint density at radius 3 is 2.50 bits per heavy atom. The molecule has 2 N–H and O–H groups in total. The van der Waals surface area contributed by atoms with Gasteiger partial charge in [0.1, 0.15) is 0 Å². The van der Waals surface area contributed by atoms with E-state index in [-0.39, 0.29) is 12.0 Å². The Bertz CT molecular complexity index is 114. The maximum atomic E-state index is 8.41. The predicted molar refractivity (Wildman–Crippen MR) is 30.9 cm³/mol. The molecule has 0 unspecified atom stereocenters. The van der Waals surface area contributed by atoms with Crippen molar-refractivity contribution in [3.8, 4) is 6.07 Å². The molecule has 2 nitrogen and oxygen atoms in total. The molecule has 0 aromatic carbocycles. The summed E-state index contributed by atoms with van der Waals surface area (Å²) in [5.74, 6) is 0.148. The summed E-state index contributed by atoms with van der Waals surface area (Å²) in [4.78, 5) is 0. The Balaban J connectivity index is 2.45. The lowest BCUT2D eigenvalue weighted by molar-refractivity contribution is 0.593. The van der Waals surface area contributed by atoms with Gasteiger partial charge in [-0.15, -0.1) is 0 Å². The quantitative estimate of drug-likeness (QED) is 0.497. The second-order valence-electron chi connectivity index (χ2n) is 2.33. The van der Waals surface area contributed by atoms with Crippen LogP contribution in [0.5, 0.6) is 0 Å². The first-order chi connectivity index (χ1) is 3.84. The second-order valence-corrected chi connectivity index (χ2v) is 2.33. The molecule has 1 aliphatic rings. The smallest absolute Gasteiger partial charge is 0.0672 e. The number of hydrogen-bond donors (Lipinski definition) is 1. The van der Waals surface area contributed by atoms with Crippen LogP contribution in [0.4, 0.5) is 0 Å². The van der Waals surface area contributed by atoms with Gasteiger partial charge >= 0.3 is 0 Å². The van der Waals surface area contributed by atoms with E-state index in [2.05, 4.69) is 6.07 Å². The van der Waals surface area contributed by atoms with E-state index in [0.717, 1.165) is 19.3 Å². The highest BCUT2D eigenvalue weighted by molar-refractivity contribution is 4.94. The minimum Gasteiger partial charge on any atom is -0.327 e. The Labute approximate surface area is 49.3 Å². The van der Waals surface area contributed by atoms with Crippen molar-refractivity contribution in [3.05, 3.63) is 0 Å². The fraction of sp³-hybridized carbons (Fsp3) is 0.833. The molecule has 1 rings (SSSR count). The molecule has 1 aliphatic carbocycles. The van der Waals surface area contributed by atoms with Crippen LogP contribution in [-0.4, -0.2) is 6.04 Å². The summed E-state index contributed by atoms with van der Waals surface area (Å²) in [6, 6.07) is 2.36. The van der Waals surface area contributed by atoms with Crippen molar-refractivity contribution in [3.63, 3.8) is 0 Å². The Hall–Kier alpha value is -0.550. The average molecular weight is 110 g/mol. The molecule has 8 heavy (non-hydrogen) atoms. The fourth-order valence-corrected chi connectivity index (χ4v) is 1.15. The summed E-state index contributed by atoms with van der Waals surface area (Å²) in [6.07, 6.45) is 3.19. The number of nitriles is 1. The van der Waals surface area contributed by atoms with Crippen LogP contribution in [-0.2, 0) is 0 Å². The molecule has 0 amide bonds. The summed E-state index contributed by atoms with van der Waals surface area (Å²) in [5, 5.41) is 8.41. The van der Waals surface area contributed by atoms with Gasteiger partial charge in [-0.25, -0.2) is 0 Å². The maximum absolute atomic E-state index is 8.41. The van der Waals surface area contributed by atoms with E-state index in [0.29, 0.717) is 0 Å². The molecular weight excluding hydrogens is 100 g/mol. The predicted octanol–water partition coefficient (Wildman–Crippen LogP) is 0.637. The summed E-state index contributed by atoms with van der Waals surface area (Å²) < 4.78 is 0. The molecule has 0 radical (unpaired) electrons. The van der Waals surface area contributed by atoms with Crippen LogP contribution >= 0.6 is 0 Å². The van der Waals surface area contributed by atoms with Gasteiger partial charge in [-0.3, -0.25) is 0 Å². The first-order valence-electron chi connectivity index (χ1n) is 3.00. The molecule has 1 saturated carbocycles. The number of hydrogen-bond acceptors (Lipinski definition) is 2. The zero-order valence-electron chi connectivity index (χ0n) is 4.80. The van der Waals surface area contributed by atoms with E-state index in [1.165, 1.54) is 0 Å². The van der Waals surface area contributed by atoms with Gasteiger partial charge < -0.3 is 5.73 Å². The van der Waals surface area contributed by atoms with Gasteiger partial charge in [0.2, 0.25) is 0 Å². The second kappa shape index (κ2) is 2.15. The van der Waals surface area contributed by atoms with E-state index in [4.69, 9.17) is 11.0 Å². The molecular formula is C6H10N2. The van der Waals surface area contributed by atoms with Gasteiger partial charge in [-0.2, -0.15) is 5.26 Å². The highest BCUT2D eigenvalue weighted by Gasteiger charge is 2.22. The molecule has 0 aromatic rings. The van der Waals surface area contributed by atoms with Crippen LogP contribution in [0.1, 0.15) is 19.3 Å². The molecule has 0 bridgehead atoms. The van der Waals surface area contributed by atoms with E-state index in [1.807, 2.05) is 0 Å². The molecule has 0 saturated heterocycles.